The van der Waals surface area contributed by atoms with Crippen molar-refractivity contribution < 1.29 is 9.90 Å². The van der Waals surface area contributed by atoms with E-state index in [-0.39, 0.29) is 0 Å². The molecule has 0 atom stereocenters. The molecule has 0 unspecified atom stereocenters. The Morgan fingerprint density at radius 2 is 2.15 bits per heavy atom. The largest absolute Gasteiger partial charge is 0.478 e. The van der Waals surface area contributed by atoms with E-state index in [2.05, 4.69) is 15.3 Å². The van der Waals surface area contributed by atoms with Crippen LogP contribution in [0.25, 0.3) is 10.2 Å². The minimum atomic E-state index is -0.920. The highest BCUT2D eigenvalue weighted by Gasteiger charge is 2.09. The molecule has 0 saturated carbocycles. The average molecular weight is 285 g/mol. The first-order valence-electron chi connectivity index (χ1n) is 5.94. The Morgan fingerprint density at radius 3 is 2.90 bits per heavy atom. The third kappa shape index (κ3) is 2.21. The Labute approximate surface area is 118 Å². The third-order valence-electron chi connectivity index (χ3n) is 2.96. The molecule has 3 rings (SSSR count). The molecule has 0 saturated heterocycles. The molecular weight excluding hydrogens is 274 g/mol. The Morgan fingerprint density at radius 1 is 1.30 bits per heavy atom. The zero-order valence-corrected chi connectivity index (χ0v) is 11.4. The number of nitrogens with zero attached hydrogens (tertiary/aromatic N) is 2. The first-order valence-corrected chi connectivity index (χ1v) is 6.82. The van der Waals surface area contributed by atoms with Gasteiger partial charge in [0.15, 0.2) is 5.82 Å². The van der Waals surface area contributed by atoms with Crippen LogP contribution >= 0.6 is 11.3 Å². The highest BCUT2D eigenvalue weighted by Crippen LogP contribution is 2.28. The average Bonchev–Trinajstić information content (AvgIpc) is 2.87. The number of carboxylic acids is 1. The lowest BCUT2D eigenvalue weighted by Crippen LogP contribution is -2.01. The molecule has 0 radical (unpaired) electrons. The van der Waals surface area contributed by atoms with Gasteiger partial charge < -0.3 is 10.4 Å². The standard InChI is InChI=1S/C14H11N3O2S/c1-8-6-9(2-3-10(8)14(18)19)17-13-12-11(4-5-20-12)15-7-16-13/h2-7H,1H3,(H,18,19)(H,15,16,17). The van der Waals surface area contributed by atoms with Crippen LogP contribution in [0.5, 0.6) is 0 Å². The lowest BCUT2D eigenvalue weighted by Gasteiger charge is -2.08. The minimum Gasteiger partial charge on any atom is -0.478 e. The minimum absolute atomic E-state index is 0.305. The highest BCUT2D eigenvalue weighted by atomic mass is 32.1. The van der Waals surface area contributed by atoms with Crippen molar-refractivity contribution in [2.75, 3.05) is 5.32 Å². The number of aromatic carboxylic acids is 1. The van der Waals surface area contributed by atoms with Gasteiger partial charge in [-0.05, 0) is 42.1 Å². The van der Waals surface area contributed by atoms with E-state index in [1.165, 1.54) is 6.33 Å². The lowest BCUT2D eigenvalue weighted by atomic mass is 10.1. The maximum Gasteiger partial charge on any atom is 0.335 e. The number of thiophene rings is 1. The number of aromatic nitrogens is 2. The van der Waals surface area contributed by atoms with Gasteiger partial charge in [0.25, 0.3) is 0 Å². The SMILES string of the molecule is Cc1cc(Nc2ncnc3ccsc23)ccc1C(=O)O. The van der Waals surface area contributed by atoms with E-state index < -0.39 is 5.97 Å². The fourth-order valence-electron chi connectivity index (χ4n) is 2.00. The maximum atomic E-state index is 11.0. The summed E-state index contributed by atoms with van der Waals surface area (Å²) in [6.07, 6.45) is 1.51. The molecule has 2 heterocycles. The van der Waals surface area contributed by atoms with Gasteiger partial charge >= 0.3 is 5.97 Å². The van der Waals surface area contributed by atoms with Gasteiger partial charge in [0.2, 0.25) is 0 Å². The molecule has 20 heavy (non-hydrogen) atoms. The van der Waals surface area contributed by atoms with Crippen LogP contribution in [-0.2, 0) is 0 Å². The molecule has 0 fully saturated rings. The van der Waals surface area contributed by atoms with Crippen molar-refractivity contribution in [3.63, 3.8) is 0 Å². The molecule has 0 spiro atoms. The smallest absolute Gasteiger partial charge is 0.335 e. The van der Waals surface area contributed by atoms with E-state index >= 15 is 0 Å². The van der Waals surface area contributed by atoms with Gasteiger partial charge in [0, 0.05) is 5.69 Å². The van der Waals surface area contributed by atoms with E-state index in [9.17, 15) is 4.79 Å². The van der Waals surface area contributed by atoms with Crippen LogP contribution in [0, 0.1) is 6.92 Å². The summed E-state index contributed by atoms with van der Waals surface area (Å²) in [5.74, 6) is -0.191. The summed E-state index contributed by atoms with van der Waals surface area (Å²) >= 11 is 1.56. The maximum absolute atomic E-state index is 11.0. The lowest BCUT2D eigenvalue weighted by molar-refractivity contribution is 0.0696. The summed E-state index contributed by atoms with van der Waals surface area (Å²) in [7, 11) is 0. The van der Waals surface area contributed by atoms with E-state index in [1.54, 1.807) is 36.5 Å². The Balaban J connectivity index is 1.97. The van der Waals surface area contributed by atoms with E-state index in [4.69, 9.17) is 5.11 Å². The van der Waals surface area contributed by atoms with Crippen molar-refractivity contribution in [1.29, 1.82) is 0 Å². The predicted octanol–water partition coefficient (Wildman–Crippen LogP) is 3.44. The summed E-state index contributed by atoms with van der Waals surface area (Å²) in [5, 5.41) is 14.2. The van der Waals surface area contributed by atoms with Crippen molar-refractivity contribution >= 4 is 39.0 Å². The summed E-state index contributed by atoms with van der Waals surface area (Å²) in [6.45, 7) is 1.77. The number of rotatable bonds is 3. The number of anilines is 2. The van der Waals surface area contributed by atoms with E-state index in [0.717, 1.165) is 21.7 Å². The fraction of sp³-hybridized carbons (Fsp3) is 0.0714. The molecule has 1 aromatic carbocycles. The molecule has 3 aromatic rings. The van der Waals surface area contributed by atoms with Crippen LogP contribution < -0.4 is 5.32 Å². The van der Waals surface area contributed by atoms with Crippen LogP contribution in [0.4, 0.5) is 11.5 Å². The number of benzene rings is 1. The van der Waals surface area contributed by atoms with Gasteiger partial charge in [0.1, 0.15) is 6.33 Å². The van der Waals surface area contributed by atoms with Crippen LogP contribution in [0.1, 0.15) is 15.9 Å². The number of fused-ring (bicyclic) bond motifs is 1. The molecule has 0 aliphatic heterocycles. The number of nitrogens with one attached hydrogen (secondary N) is 1. The van der Waals surface area contributed by atoms with Crippen molar-refractivity contribution in [3.05, 3.63) is 47.1 Å². The van der Waals surface area contributed by atoms with Gasteiger partial charge in [-0.3, -0.25) is 0 Å². The zero-order chi connectivity index (χ0) is 14.1. The molecule has 6 heteroatoms. The summed E-state index contributed by atoms with van der Waals surface area (Å²) in [6, 6.07) is 7.06. The Kier molecular flexibility index (Phi) is 3.08. The molecule has 0 bridgehead atoms. The molecule has 100 valence electrons. The van der Waals surface area contributed by atoms with Crippen LogP contribution in [-0.4, -0.2) is 21.0 Å². The van der Waals surface area contributed by atoms with Gasteiger partial charge in [-0.25, -0.2) is 14.8 Å². The molecule has 2 N–H and O–H groups in total. The van der Waals surface area contributed by atoms with Gasteiger partial charge in [-0.15, -0.1) is 11.3 Å². The Hall–Kier alpha value is -2.47. The molecular formula is C14H11N3O2S. The number of carbonyl (C=O) groups is 1. The van der Waals surface area contributed by atoms with Crippen molar-refractivity contribution in [3.8, 4) is 0 Å². The van der Waals surface area contributed by atoms with Crippen molar-refractivity contribution in [1.82, 2.24) is 9.97 Å². The topological polar surface area (TPSA) is 75.1 Å². The van der Waals surface area contributed by atoms with Gasteiger partial charge in [0.05, 0.1) is 15.8 Å². The second-order valence-corrected chi connectivity index (χ2v) is 5.23. The molecule has 0 aliphatic rings. The van der Waals surface area contributed by atoms with Crippen LogP contribution in [0.15, 0.2) is 36.0 Å². The predicted molar refractivity (Wildman–Crippen MR) is 78.8 cm³/mol. The zero-order valence-electron chi connectivity index (χ0n) is 10.6. The number of hydrogen-bond acceptors (Lipinski definition) is 5. The second-order valence-electron chi connectivity index (χ2n) is 4.32. The number of aryl methyl sites for hydroxylation is 1. The second kappa shape index (κ2) is 4.90. The molecule has 0 aliphatic carbocycles. The van der Waals surface area contributed by atoms with Gasteiger partial charge in [-0.2, -0.15) is 0 Å². The van der Waals surface area contributed by atoms with Crippen molar-refractivity contribution in [2.24, 2.45) is 0 Å². The van der Waals surface area contributed by atoms with Gasteiger partial charge in [-0.1, -0.05) is 0 Å². The van der Waals surface area contributed by atoms with E-state index in [1.807, 2.05) is 11.4 Å². The molecule has 5 nitrogen and oxygen atoms in total. The normalized spacial score (nSPS) is 10.7. The summed E-state index contributed by atoms with van der Waals surface area (Å²) in [4.78, 5) is 19.4. The molecule has 2 aromatic heterocycles. The van der Waals surface area contributed by atoms with Crippen LogP contribution in [0.3, 0.4) is 0 Å². The fourth-order valence-corrected chi connectivity index (χ4v) is 2.79. The monoisotopic (exact) mass is 285 g/mol. The summed E-state index contributed by atoms with van der Waals surface area (Å²) in [5.41, 5.74) is 2.71. The van der Waals surface area contributed by atoms with Crippen LogP contribution in [0.2, 0.25) is 0 Å². The third-order valence-corrected chi connectivity index (χ3v) is 3.87. The highest BCUT2D eigenvalue weighted by molar-refractivity contribution is 7.17. The van der Waals surface area contributed by atoms with Crippen molar-refractivity contribution in [2.45, 2.75) is 6.92 Å². The molecule has 0 amide bonds. The number of hydrogen-bond donors (Lipinski definition) is 2. The number of carboxylic acid groups (broad SMARTS) is 1. The summed E-state index contributed by atoms with van der Waals surface area (Å²) < 4.78 is 0.979. The van der Waals surface area contributed by atoms with E-state index in [0.29, 0.717) is 11.1 Å². The quantitative estimate of drug-likeness (QED) is 0.771. The first-order chi connectivity index (χ1) is 9.65. The first kappa shape index (κ1) is 12.6. The Bertz CT molecular complexity index is 798.